The van der Waals surface area contributed by atoms with Crippen molar-refractivity contribution in [2.45, 2.75) is 16.6 Å². The van der Waals surface area contributed by atoms with Crippen LogP contribution in [-0.4, -0.2) is 59.5 Å². The maximum Gasteiger partial charge on any atom is 0.164 e. The molecule has 258 valence electrons. The molecule has 0 amide bonds. The fraction of sp³-hybridized carbons (Fsp3) is 0.455. The third-order valence-corrected chi connectivity index (χ3v) is 9.95. The molecule has 6 aliphatic rings. The van der Waals surface area contributed by atoms with Gasteiger partial charge < -0.3 is 28.7 Å². The minimum absolute atomic E-state index is 0.0313. The number of ether oxygens (including phenoxy) is 3. The summed E-state index contributed by atoms with van der Waals surface area (Å²) in [7, 11) is 0. The standard InChI is InChI=1S/3C11H11F2NO2/c3*12-9-3-1-2-8(10(9)13)11-6-15-4-7(11)5-16-14-11/h3*1-3,7,14H,4-6H2/t7?,11-;2*7-,11-/m010/s1. The van der Waals surface area contributed by atoms with Gasteiger partial charge in [0.1, 0.15) is 16.6 Å². The lowest BCUT2D eigenvalue weighted by Gasteiger charge is -2.26. The Labute approximate surface area is 271 Å². The highest BCUT2D eigenvalue weighted by atomic mass is 19.2. The van der Waals surface area contributed by atoms with Crippen molar-refractivity contribution < 1.29 is 55.1 Å². The summed E-state index contributed by atoms with van der Waals surface area (Å²) < 4.78 is 96.9. The Hall–Kier alpha value is -3.12. The zero-order chi connectivity index (χ0) is 33.5. The van der Waals surface area contributed by atoms with Crippen LogP contribution in [0, 0.1) is 52.7 Å². The van der Waals surface area contributed by atoms with Crippen LogP contribution in [0.1, 0.15) is 16.7 Å². The highest BCUT2D eigenvalue weighted by molar-refractivity contribution is 5.32. The Bertz CT molecular complexity index is 1430. The van der Waals surface area contributed by atoms with E-state index in [9.17, 15) is 26.3 Å². The van der Waals surface area contributed by atoms with E-state index in [-0.39, 0.29) is 34.4 Å². The molecule has 0 aromatic heterocycles. The smallest absolute Gasteiger partial charge is 0.164 e. The molecule has 6 atom stereocenters. The number of halogens is 6. The monoisotopic (exact) mass is 681 g/mol. The second-order valence-electron chi connectivity index (χ2n) is 12.6. The van der Waals surface area contributed by atoms with Gasteiger partial charge in [-0.1, -0.05) is 36.4 Å². The van der Waals surface area contributed by atoms with E-state index in [0.717, 1.165) is 18.2 Å². The van der Waals surface area contributed by atoms with E-state index >= 15 is 0 Å². The number of nitrogens with one attached hydrogen (secondary N) is 3. The lowest BCUT2D eigenvalue weighted by atomic mass is 9.82. The van der Waals surface area contributed by atoms with Gasteiger partial charge in [0, 0.05) is 34.4 Å². The molecule has 6 saturated heterocycles. The summed E-state index contributed by atoms with van der Waals surface area (Å²) in [6.07, 6.45) is 0. The first-order chi connectivity index (χ1) is 23.2. The average Bonchev–Trinajstić information content (AvgIpc) is 3.90. The van der Waals surface area contributed by atoms with Crippen LogP contribution in [0.2, 0.25) is 0 Å². The van der Waals surface area contributed by atoms with Crippen LogP contribution >= 0.6 is 0 Å². The number of hydrogen-bond acceptors (Lipinski definition) is 9. The van der Waals surface area contributed by atoms with Crippen LogP contribution < -0.4 is 16.4 Å². The number of hydrogen-bond donors (Lipinski definition) is 3. The summed E-state index contributed by atoms with van der Waals surface area (Å²) in [5.41, 5.74) is 7.02. The Kier molecular flexibility index (Phi) is 9.25. The van der Waals surface area contributed by atoms with Gasteiger partial charge in [-0.15, -0.1) is 0 Å². The molecular weight excluding hydrogens is 648 g/mol. The minimum Gasteiger partial charge on any atom is -0.379 e. The van der Waals surface area contributed by atoms with E-state index in [1.165, 1.54) is 18.2 Å². The van der Waals surface area contributed by atoms with Gasteiger partial charge in [-0.25, -0.2) is 26.3 Å². The van der Waals surface area contributed by atoms with Crippen molar-refractivity contribution in [3.8, 4) is 0 Å². The minimum atomic E-state index is -0.841. The molecule has 3 aromatic rings. The first-order valence-electron chi connectivity index (χ1n) is 15.5. The Morgan fingerprint density at radius 1 is 0.438 bits per heavy atom. The Balaban J connectivity index is 0.000000114. The second kappa shape index (κ2) is 13.3. The molecule has 0 saturated carbocycles. The third kappa shape index (κ3) is 5.51. The molecule has 9 rings (SSSR count). The molecule has 6 fully saturated rings. The molecule has 0 spiro atoms. The first kappa shape index (κ1) is 33.4. The highest BCUT2D eigenvalue weighted by Crippen LogP contribution is 2.43. The predicted molar refractivity (Wildman–Crippen MR) is 154 cm³/mol. The summed E-state index contributed by atoms with van der Waals surface area (Å²) >= 11 is 0. The van der Waals surface area contributed by atoms with Gasteiger partial charge >= 0.3 is 0 Å². The largest absolute Gasteiger partial charge is 0.379 e. The molecule has 0 aliphatic carbocycles. The summed E-state index contributed by atoms with van der Waals surface area (Å²) in [4.78, 5) is 15.4. The number of benzene rings is 3. The van der Waals surface area contributed by atoms with Crippen molar-refractivity contribution >= 4 is 0 Å². The molecule has 9 nitrogen and oxygen atoms in total. The van der Waals surface area contributed by atoms with E-state index < -0.39 is 51.5 Å². The number of fused-ring (bicyclic) bond motifs is 3. The zero-order valence-electron chi connectivity index (χ0n) is 25.5. The summed E-state index contributed by atoms with van der Waals surface area (Å²) in [6, 6.07) is 12.5. The van der Waals surface area contributed by atoms with E-state index in [1.54, 1.807) is 18.2 Å². The quantitative estimate of drug-likeness (QED) is 0.355. The summed E-state index contributed by atoms with van der Waals surface area (Å²) in [5.74, 6) is -4.90. The van der Waals surface area contributed by atoms with Crippen molar-refractivity contribution in [1.29, 1.82) is 0 Å². The lowest BCUT2D eigenvalue weighted by Crippen LogP contribution is -2.42. The maximum atomic E-state index is 13.8. The number of rotatable bonds is 3. The predicted octanol–water partition coefficient (Wildman–Crippen LogP) is 4.02. The summed E-state index contributed by atoms with van der Waals surface area (Å²) in [5, 5.41) is 0. The molecule has 1 unspecified atom stereocenters. The SMILES string of the molecule is Fc1cccc([C@@]23COC[C@@H]2CON3)c1F.Fc1cccc([C@]23COCC2CON3)c1F.Fc1cccc([C@]23COC[C@H]2CON3)c1F. The van der Waals surface area contributed by atoms with Crippen LogP contribution in [0.5, 0.6) is 0 Å². The van der Waals surface area contributed by atoms with Gasteiger partial charge in [-0.2, -0.15) is 16.4 Å². The van der Waals surface area contributed by atoms with Crippen molar-refractivity contribution in [1.82, 2.24) is 16.4 Å². The molecule has 3 N–H and O–H groups in total. The van der Waals surface area contributed by atoms with Gasteiger partial charge in [-0.05, 0) is 18.2 Å². The normalized spacial score (nSPS) is 33.0. The topological polar surface area (TPSA) is 91.5 Å². The van der Waals surface area contributed by atoms with Crippen molar-refractivity contribution in [3.05, 3.63) is 106 Å². The zero-order valence-corrected chi connectivity index (χ0v) is 25.5. The van der Waals surface area contributed by atoms with E-state index in [1.807, 2.05) is 0 Å². The van der Waals surface area contributed by atoms with Crippen LogP contribution in [-0.2, 0) is 45.3 Å². The second-order valence-corrected chi connectivity index (χ2v) is 12.6. The highest BCUT2D eigenvalue weighted by Gasteiger charge is 2.53. The van der Waals surface area contributed by atoms with Gasteiger partial charge in [0.25, 0.3) is 0 Å². The van der Waals surface area contributed by atoms with Gasteiger partial charge in [0.05, 0.1) is 59.5 Å². The Morgan fingerprint density at radius 3 is 1.02 bits per heavy atom. The number of hydroxylamine groups is 3. The van der Waals surface area contributed by atoms with E-state index in [2.05, 4.69) is 16.4 Å². The molecule has 0 radical (unpaired) electrons. The van der Waals surface area contributed by atoms with Gasteiger partial charge in [-0.3, -0.25) is 0 Å². The van der Waals surface area contributed by atoms with Crippen LogP contribution in [0.3, 0.4) is 0 Å². The molecule has 0 bridgehead atoms. The lowest BCUT2D eigenvalue weighted by molar-refractivity contribution is 0.0240. The first-order valence-corrected chi connectivity index (χ1v) is 15.5. The summed E-state index contributed by atoms with van der Waals surface area (Å²) in [6.45, 7) is 3.78. The van der Waals surface area contributed by atoms with Crippen molar-refractivity contribution in [2.24, 2.45) is 17.8 Å². The van der Waals surface area contributed by atoms with Crippen molar-refractivity contribution in [2.75, 3.05) is 59.5 Å². The average molecular weight is 682 g/mol. The molecule has 6 aliphatic heterocycles. The fourth-order valence-corrected chi connectivity index (χ4v) is 7.19. The van der Waals surface area contributed by atoms with Crippen molar-refractivity contribution in [3.63, 3.8) is 0 Å². The molecule has 3 aromatic carbocycles. The van der Waals surface area contributed by atoms with Crippen LogP contribution in [0.15, 0.2) is 54.6 Å². The fourth-order valence-electron chi connectivity index (χ4n) is 7.19. The van der Waals surface area contributed by atoms with E-state index in [0.29, 0.717) is 59.5 Å². The van der Waals surface area contributed by atoms with Gasteiger partial charge in [0.2, 0.25) is 0 Å². The third-order valence-electron chi connectivity index (χ3n) is 9.95. The van der Waals surface area contributed by atoms with Crippen LogP contribution in [0.4, 0.5) is 26.3 Å². The van der Waals surface area contributed by atoms with Crippen LogP contribution in [0.25, 0.3) is 0 Å². The maximum absolute atomic E-state index is 13.8. The van der Waals surface area contributed by atoms with E-state index in [4.69, 9.17) is 28.7 Å². The molecule has 15 heteroatoms. The molecule has 6 heterocycles. The Morgan fingerprint density at radius 2 is 0.729 bits per heavy atom. The molecular formula is C33H33F6N3O6. The van der Waals surface area contributed by atoms with Gasteiger partial charge in [0.15, 0.2) is 34.9 Å². The molecule has 48 heavy (non-hydrogen) atoms.